The van der Waals surface area contributed by atoms with E-state index in [4.69, 9.17) is 0 Å². The monoisotopic (exact) mass is 240 g/mol. The zero-order chi connectivity index (χ0) is 12.3. The van der Waals surface area contributed by atoms with Crippen LogP contribution in [0.1, 0.15) is 12.5 Å². The summed E-state index contributed by atoms with van der Waals surface area (Å²) in [5.74, 6) is -0.101. The van der Waals surface area contributed by atoms with Gasteiger partial charge in [0.2, 0.25) is 5.91 Å². The van der Waals surface area contributed by atoms with E-state index in [1.165, 1.54) is 35.3 Å². The van der Waals surface area contributed by atoms with Crippen molar-refractivity contribution in [3.8, 4) is 0 Å². The molecule has 1 aromatic carbocycles. The van der Waals surface area contributed by atoms with Gasteiger partial charge in [0.1, 0.15) is 0 Å². The van der Waals surface area contributed by atoms with E-state index < -0.39 is 4.92 Å². The van der Waals surface area contributed by atoms with Crippen molar-refractivity contribution in [2.24, 2.45) is 0 Å². The zero-order valence-corrected chi connectivity index (χ0v) is 10.1. The molecule has 0 aliphatic heterocycles. The summed E-state index contributed by atoms with van der Waals surface area (Å²) in [6, 6.07) is 4.60. The van der Waals surface area contributed by atoms with Gasteiger partial charge < -0.3 is 0 Å². The van der Waals surface area contributed by atoms with Crippen molar-refractivity contribution in [2.45, 2.75) is 18.7 Å². The Bertz CT molecular complexity index is 434. The molecule has 5 nitrogen and oxygen atoms in total. The number of non-ortho nitro benzene ring substituents is 1. The fourth-order valence-corrected chi connectivity index (χ4v) is 1.82. The van der Waals surface area contributed by atoms with Crippen molar-refractivity contribution in [1.29, 1.82) is 0 Å². The van der Waals surface area contributed by atoms with E-state index in [9.17, 15) is 14.9 Å². The molecule has 1 aromatic rings. The standard InChI is InChI=1S/C10H12N2O3S/c1-7-4-5-9(12(14)15)6-10(7)16-11(3)8(2)13/h4-6H,1-3H3. The molecule has 0 aromatic heterocycles. The summed E-state index contributed by atoms with van der Waals surface area (Å²) in [5.41, 5.74) is 0.939. The molecule has 0 heterocycles. The predicted molar refractivity (Wildman–Crippen MR) is 62.1 cm³/mol. The summed E-state index contributed by atoms with van der Waals surface area (Å²) in [7, 11) is 1.63. The third-order valence-electron chi connectivity index (χ3n) is 2.06. The van der Waals surface area contributed by atoms with E-state index in [1.807, 2.05) is 6.92 Å². The Morgan fingerprint density at radius 1 is 1.50 bits per heavy atom. The zero-order valence-electron chi connectivity index (χ0n) is 9.26. The van der Waals surface area contributed by atoms with Crippen molar-refractivity contribution in [3.05, 3.63) is 33.9 Å². The number of carbonyl (C=O) groups is 1. The molecule has 86 valence electrons. The normalized spacial score (nSPS) is 9.94. The second kappa shape index (κ2) is 4.98. The van der Waals surface area contributed by atoms with Gasteiger partial charge in [-0.25, -0.2) is 0 Å². The number of carbonyl (C=O) groups excluding carboxylic acids is 1. The maximum atomic E-state index is 11.0. The minimum absolute atomic E-state index is 0.0325. The smallest absolute Gasteiger partial charge is 0.270 e. The molecule has 0 fully saturated rings. The first-order chi connectivity index (χ1) is 7.41. The summed E-state index contributed by atoms with van der Waals surface area (Å²) in [6.45, 7) is 3.29. The lowest BCUT2D eigenvalue weighted by atomic mass is 10.2. The van der Waals surface area contributed by atoms with Crippen LogP contribution in [0.25, 0.3) is 0 Å². The van der Waals surface area contributed by atoms with Gasteiger partial charge in [-0.3, -0.25) is 19.2 Å². The van der Waals surface area contributed by atoms with Crippen LogP contribution < -0.4 is 0 Å². The highest BCUT2D eigenvalue weighted by atomic mass is 32.2. The van der Waals surface area contributed by atoms with E-state index in [-0.39, 0.29) is 11.6 Å². The van der Waals surface area contributed by atoms with Crippen LogP contribution >= 0.6 is 11.9 Å². The number of hydrogen-bond acceptors (Lipinski definition) is 4. The Kier molecular flexibility index (Phi) is 3.89. The molecule has 0 aliphatic carbocycles. The third-order valence-corrected chi connectivity index (χ3v) is 3.23. The number of aryl methyl sites for hydroxylation is 1. The van der Waals surface area contributed by atoms with Crippen LogP contribution in [0.5, 0.6) is 0 Å². The maximum Gasteiger partial charge on any atom is 0.270 e. The second-order valence-corrected chi connectivity index (χ2v) is 4.48. The van der Waals surface area contributed by atoms with Crippen LogP contribution in [-0.2, 0) is 4.79 Å². The molecule has 0 saturated heterocycles. The van der Waals surface area contributed by atoms with Gasteiger partial charge in [-0.1, -0.05) is 6.07 Å². The molecule has 6 heteroatoms. The van der Waals surface area contributed by atoms with Crippen LogP contribution in [0.15, 0.2) is 23.1 Å². The van der Waals surface area contributed by atoms with E-state index in [1.54, 1.807) is 13.1 Å². The quantitative estimate of drug-likeness (QED) is 0.462. The van der Waals surface area contributed by atoms with Crippen LogP contribution in [0, 0.1) is 17.0 Å². The first kappa shape index (κ1) is 12.5. The molecule has 0 radical (unpaired) electrons. The van der Waals surface area contributed by atoms with E-state index in [0.29, 0.717) is 4.90 Å². The summed E-state index contributed by atoms with van der Waals surface area (Å²) in [5, 5.41) is 10.6. The van der Waals surface area contributed by atoms with Crippen LogP contribution in [0.3, 0.4) is 0 Å². The van der Waals surface area contributed by atoms with Gasteiger partial charge in [0.25, 0.3) is 5.69 Å². The molecule has 0 N–H and O–H groups in total. The van der Waals surface area contributed by atoms with E-state index in [2.05, 4.69) is 0 Å². The van der Waals surface area contributed by atoms with Gasteiger partial charge in [-0.05, 0) is 24.4 Å². The molecule has 0 saturated carbocycles. The van der Waals surface area contributed by atoms with Gasteiger partial charge in [-0.15, -0.1) is 0 Å². The number of amides is 1. The van der Waals surface area contributed by atoms with Crippen molar-refractivity contribution < 1.29 is 9.72 Å². The fourth-order valence-electron chi connectivity index (χ4n) is 1.01. The Morgan fingerprint density at radius 3 is 2.62 bits per heavy atom. The molecule has 1 amide bonds. The van der Waals surface area contributed by atoms with Gasteiger partial charge in [0.05, 0.1) is 4.92 Å². The van der Waals surface area contributed by atoms with E-state index in [0.717, 1.165) is 5.56 Å². The fraction of sp³-hybridized carbons (Fsp3) is 0.300. The highest BCUT2D eigenvalue weighted by Gasteiger charge is 2.12. The molecular formula is C10H12N2O3S. The predicted octanol–water partition coefficient (Wildman–Crippen LogP) is 2.39. The molecular weight excluding hydrogens is 228 g/mol. The van der Waals surface area contributed by atoms with Gasteiger partial charge >= 0.3 is 0 Å². The van der Waals surface area contributed by atoms with Crippen molar-refractivity contribution in [2.75, 3.05) is 7.05 Å². The van der Waals surface area contributed by atoms with Crippen LogP contribution in [-0.4, -0.2) is 22.2 Å². The van der Waals surface area contributed by atoms with Crippen LogP contribution in [0.2, 0.25) is 0 Å². The molecule has 1 rings (SSSR count). The largest absolute Gasteiger partial charge is 0.286 e. The molecule has 0 atom stereocenters. The Hall–Kier alpha value is -1.56. The second-order valence-electron chi connectivity index (χ2n) is 3.31. The SMILES string of the molecule is CC(=O)N(C)Sc1cc([N+](=O)[O-])ccc1C. The first-order valence-corrected chi connectivity index (χ1v) is 5.36. The van der Waals surface area contributed by atoms with Crippen molar-refractivity contribution >= 4 is 23.5 Å². The molecule has 16 heavy (non-hydrogen) atoms. The maximum absolute atomic E-state index is 11.0. The molecule has 0 aliphatic rings. The molecule has 0 unspecified atom stereocenters. The Balaban J connectivity index is 2.98. The highest BCUT2D eigenvalue weighted by Crippen LogP contribution is 2.28. The average molecular weight is 240 g/mol. The minimum atomic E-state index is -0.447. The third kappa shape index (κ3) is 2.96. The lowest BCUT2D eigenvalue weighted by Gasteiger charge is -2.14. The summed E-state index contributed by atoms with van der Waals surface area (Å²) in [6.07, 6.45) is 0. The lowest BCUT2D eigenvalue weighted by Crippen LogP contribution is -2.15. The molecule has 0 bridgehead atoms. The number of rotatable bonds is 3. The first-order valence-electron chi connectivity index (χ1n) is 4.59. The Labute approximate surface area is 97.7 Å². The summed E-state index contributed by atoms with van der Waals surface area (Å²) >= 11 is 1.19. The Morgan fingerprint density at radius 2 is 2.12 bits per heavy atom. The number of nitrogens with zero attached hydrogens (tertiary/aromatic N) is 2. The van der Waals surface area contributed by atoms with E-state index >= 15 is 0 Å². The number of benzene rings is 1. The lowest BCUT2D eigenvalue weighted by molar-refractivity contribution is -0.385. The highest BCUT2D eigenvalue weighted by molar-refractivity contribution is 7.97. The van der Waals surface area contributed by atoms with Crippen LogP contribution in [0.4, 0.5) is 5.69 Å². The average Bonchev–Trinajstić information content (AvgIpc) is 2.20. The topological polar surface area (TPSA) is 63.5 Å². The molecule has 0 spiro atoms. The summed E-state index contributed by atoms with van der Waals surface area (Å²) in [4.78, 5) is 21.9. The van der Waals surface area contributed by atoms with Gasteiger partial charge in [0.15, 0.2) is 0 Å². The number of hydrogen-bond donors (Lipinski definition) is 0. The van der Waals surface area contributed by atoms with Crippen molar-refractivity contribution in [1.82, 2.24) is 4.31 Å². The van der Waals surface area contributed by atoms with Gasteiger partial charge in [0, 0.05) is 31.0 Å². The number of nitro groups is 1. The summed E-state index contributed by atoms with van der Waals surface area (Å²) < 4.78 is 1.44. The number of nitro benzene ring substituents is 1. The van der Waals surface area contributed by atoms with Gasteiger partial charge in [-0.2, -0.15) is 0 Å². The minimum Gasteiger partial charge on any atom is -0.286 e. The van der Waals surface area contributed by atoms with Crippen molar-refractivity contribution in [3.63, 3.8) is 0 Å².